The zero-order valence-electron chi connectivity index (χ0n) is 10.5. The Kier molecular flexibility index (Phi) is 4.30. The Balaban J connectivity index is 2.23. The van der Waals surface area contributed by atoms with Crippen LogP contribution in [0.2, 0.25) is 5.02 Å². The van der Waals surface area contributed by atoms with E-state index in [1.54, 1.807) is 0 Å². The average molecular weight is 253 g/mol. The van der Waals surface area contributed by atoms with Crippen molar-refractivity contribution in [3.63, 3.8) is 0 Å². The van der Waals surface area contributed by atoms with E-state index in [1.165, 1.54) is 24.1 Å². The van der Waals surface area contributed by atoms with Crippen molar-refractivity contribution < 1.29 is 0 Å². The zero-order valence-corrected chi connectivity index (χ0v) is 11.2. The van der Waals surface area contributed by atoms with Gasteiger partial charge in [0.2, 0.25) is 0 Å². The molecule has 0 saturated carbocycles. The van der Waals surface area contributed by atoms with E-state index < -0.39 is 0 Å². The molecular weight excluding hydrogens is 232 g/mol. The molecule has 1 heterocycles. The number of anilines is 1. The fourth-order valence-electron chi connectivity index (χ4n) is 2.50. The summed E-state index contributed by atoms with van der Waals surface area (Å²) in [5.74, 6) is 0.840. The second-order valence-corrected chi connectivity index (χ2v) is 5.36. The number of halogens is 1. The monoisotopic (exact) mass is 252 g/mol. The molecule has 2 nitrogen and oxygen atoms in total. The maximum absolute atomic E-state index is 6.35. The third-order valence-electron chi connectivity index (χ3n) is 3.58. The molecule has 94 valence electrons. The number of nitrogens with zero attached hydrogens (tertiary/aromatic N) is 1. The van der Waals surface area contributed by atoms with Gasteiger partial charge in [-0.25, -0.2) is 0 Å². The number of piperidine rings is 1. The van der Waals surface area contributed by atoms with Gasteiger partial charge in [0.1, 0.15) is 0 Å². The summed E-state index contributed by atoms with van der Waals surface area (Å²) in [6.45, 7) is 5.23. The molecule has 1 aliphatic heterocycles. The van der Waals surface area contributed by atoms with Gasteiger partial charge in [-0.15, -0.1) is 0 Å². The van der Waals surface area contributed by atoms with Gasteiger partial charge < -0.3 is 10.6 Å². The maximum Gasteiger partial charge on any atom is 0.0642 e. The standard InChI is InChI=1S/C14H21ClN2/c1-11-6-9-17(10-7-11)14-12(5-8-16)3-2-4-13(14)15/h2-4,11H,5-10,16H2,1H3. The van der Waals surface area contributed by atoms with E-state index in [4.69, 9.17) is 17.3 Å². The average Bonchev–Trinajstić information content (AvgIpc) is 2.32. The van der Waals surface area contributed by atoms with Crippen LogP contribution in [0, 0.1) is 5.92 Å². The van der Waals surface area contributed by atoms with Crippen molar-refractivity contribution in [3.05, 3.63) is 28.8 Å². The van der Waals surface area contributed by atoms with Crippen LogP contribution in [0.1, 0.15) is 25.3 Å². The zero-order chi connectivity index (χ0) is 12.3. The highest BCUT2D eigenvalue weighted by Gasteiger charge is 2.20. The van der Waals surface area contributed by atoms with Gasteiger partial charge in [-0.05, 0) is 43.4 Å². The number of hydrogen-bond donors (Lipinski definition) is 1. The van der Waals surface area contributed by atoms with Crippen LogP contribution in [0.15, 0.2) is 18.2 Å². The van der Waals surface area contributed by atoms with Crippen LogP contribution in [0.5, 0.6) is 0 Å². The van der Waals surface area contributed by atoms with Gasteiger partial charge in [-0.3, -0.25) is 0 Å². The molecule has 0 amide bonds. The first-order chi connectivity index (χ1) is 8.22. The lowest BCUT2D eigenvalue weighted by Crippen LogP contribution is -2.33. The first kappa shape index (κ1) is 12.7. The quantitative estimate of drug-likeness (QED) is 0.896. The fraction of sp³-hybridized carbons (Fsp3) is 0.571. The molecule has 1 saturated heterocycles. The first-order valence-corrected chi connectivity index (χ1v) is 6.82. The molecule has 0 bridgehead atoms. The molecule has 3 heteroatoms. The van der Waals surface area contributed by atoms with Crippen molar-refractivity contribution in [2.45, 2.75) is 26.2 Å². The molecule has 17 heavy (non-hydrogen) atoms. The largest absolute Gasteiger partial charge is 0.370 e. The second kappa shape index (κ2) is 5.74. The SMILES string of the molecule is CC1CCN(c2c(Cl)cccc2CCN)CC1. The van der Waals surface area contributed by atoms with Crippen molar-refractivity contribution in [1.29, 1.82) is 0 Å². The summed E-state index contributed by atoms with van der Waals surface area (Å²) in [6.07, 6.45) is 3.42. The van der Waals surface area contributed by atoms with E-state index in [2.05, 4.69) is 17.9 Å². The van der Waals surface area contributed by atoms with Crippen LogP contribution in [-0.4, -0.2) is 19.6 Å². The van der Waals surface area contributed by atoms with Gasteiger partial charge in [0, 0.05) is 13.1 Å². The van der Waals surface area contributed by atoms with E-state index >= 15 is 0 Å². The molecule has 2 rings (SSSR count). The molecule has 0 spiro atoms. The van der Waals surface area contributed by atoms with Crippen molar-refractivity contribution >= 4 is 17.3 Å². The predicted molar refractivity (Wildman–Crippen MR) is 74.8 cm³/mol. The van der Waals surface area contributed by atoms with Gasteiger partial charge >= 0.3 is 0 Å². The van der Waals surface area contributed by atoms with Crippen molar-refractivity contribution in [1.82, 2.24) is 0 Å². The summed E-state index contributed by atoms with van der Waals surface area (Å²) in [5, 5.41) is 0.866. The predicted octanol–water partition coefficient (Wildman–Crippen LogP) is 3.08. The van der Waals surface area contributed by atoms with Crippen LogP contribution in [0.4, 0.5) is 5.69 Å². The van der Waals surface area contributed by atoms with Gasteiger partial charge in [0.05, 0.1) is 10.7 Å². The number of nitrogens with two attached hydrogens (primary N) is 1. The van der Waals surface area contributed by atoms with Crippen molar-refractivity contribution in [2.75, 3.05) is 24.5 Å². The Morgan fingerprint density at radius 2 is 2.06 bits per heavy atom. The van der Waals surface area contributed by atoms with E-state index in [0.29, 0.717) is 6.54 Å². The van der Waals surface area contributed by atoms with E-state index in [1.807, 2.05) is 12.1 Å². The summed E-state index contributed by atoms with van der Waals surface area (Å²) >= 11 is 6.35. The smallest absolute Gasteiger partial charge is 0.0642 e. The highest BCUT2D eigenvalue weighted by molar-refractivity contribution is 6.33. The minimum Gasteiger partial charge on any atom is -0.370 e. The first-order valence-electron chi connectivity index (χ1n) is 6.44. The molecule has 1 fully saturated rings. The normalized spacial score (nSPS) is 17.5. The topological polar surface area (TPSA) is 29.3 Å². The van der Waals surface area contributed by atoms with Gasteiger partial charge in [-0.1, -0.05) is 30.7 Å². The maximum atomic E-state index is 6.35. The van der Waals surface area contributed by atoms with Crippen LogP contribution in [-0.2, 0) is 6.42 Å². The Bertz CT molecular complexity index is 370. The fourth-order valence-corrected chi connectivity index (χ4v) is 2.82. The third-order valence-corrected chi connectivity index (χ3v) is 3.89. The molecule has 0 atom stereocenters. The van der Waals surface area contributed by atoms with Crippen LogP contribution in [0.3, 0.4) is 0 Å². The van der Waals surface area contributed by atoms with E-state index in [0.717, 1.165) is 30.5 Å². The highest BCUT2D eigenvalue weighted by atomic mass is 35.5. The van der Waals surface area contributed by atoms with Crippen LogP contribution in [0.25, 0.3) is 0 Å². The molecular formula is C14H21ClN2. The van der Waals surface area contributed by atoms with Crippen molar-refractivity contribution in [2.24, 2.45) is 11.7 Å². The Labute approximate surface area is 109 Å². The van der Waals surface area contributed by atoms with Gasteiger partial charge in [0.25, 0.3) is 0 Å². The Morgan fingerprint density at radius 3 is 2.71 bits per heavy atom. The lowest BCUT2D eigenvalue weighted by atomic mass is 9.97. The third kappa shape index (κ3) is 2.93. The second-order valence-electron chi connectivity index (χ2n) is 4.96. The number of benzene rings is 1. The van der Waals surface area contributed by atoms with Gasteiger partial charge in [0.15, 0.2) is 0 Å². The minimum absolute atomic E-state index is 0.678. The molecule has 2 N–H and O–H groups in total. The molecule has 1 aliphatic rings. The molecule has 0 radical (unpaired) electrons. The summed E-state index contributed by atoms with van der Waals surface area (Å²) < 4.78 is 0. The molecule has 0 aliphatic carbocycles. The molecule has 1 aromatic carbocycles. The van der Waals surface area contributed by atoms with Crippen molar-refractivity contribution in [3.8, 4) is 0 Å². The summed E-state index contributed by atoms with van der Waals surface area (Å²) in [5.41, 5.74) is 8.17. The summed E-state index contributed by atoms with van der Waals surface area (Å²) in [4.78, 5) is 2.42. The Hall–Kier alpha value is -0.730. The molecule has 1 aromatic rings. The van der Waals surface area contributed by atoms with Gasteiger partial charge in [-0.2, -0.15) is 0 Å². The molecule has 0 aromatic heterocycles. The number of rotatable bonds is 3. The van der Waals surface area contributed by atoms with Crippen LogP contribution >= 0.6 is 11.6 Å². The number of para-hydroxylation sites is 1. The lowest BCUT2D eigenvalue weighted by Gasteiger charge is -2.34. The van der Waals surface area contributed by atoms with Crippen LogP contribution < -0.4 is 10.6 Å². The summed E-state index contributed by atoms with van der Waals surface area (Å²) in [6, 6.07) is 6.14. The minimum atomic E-state index is 0.678. The van der Waals surface area contributed by atoms with E-state index in [9.17, 15) is 0 Å². The Morgan fingerprint density at radius 1 is 1.35 bits per heavy atom. The lowest BCUT2D eigenvalue weighted by molar-refractivity contribution is 0.438. The van der Waals surface area contributed by atoms with E-state index in [-0.39, 0.29) is 0 Å². The summed E-state index contributed by atoms with van der Waals surface area (Å²) in [7, 11) is 0. The number of hydrogen-bond acceptors (Lipinski definition) is 2. The molecule has 0 unspecified atom stereocenters. The highest BCUT2D eigenvalue weighted by Crippen LogP contribution is 2.33.